The van der Waals surface area contributed by atoms with Gasteiger partial charge in [0.25, 0.3) is 0 Å². The SMILES string of the molecule is CCCC(NC(=O)C(O)C(C)(C)C)C(=O)Nc1cn(C(CC)CC)cn1. The second kappa shape index (κ2) is 9.71. The van der Waals surface area contributed by atoms with Gasteiger partial charge in [0.15, 0.2) is 5.82 Å². The van der Waals surface area contributed by atoms with Crippen LogP contribution in [0, 0.1) is 5.41 Å². The lowest BCUT2D eigenvalue weighted by molar-refractivity contribution is -0.137. The van der Waals surface area contributed by atoms with Gasteiger partial charge in [0, 0.05) is 12.2 Å². The molecule has 1 aromatic rings. The van der Waals surface area contributed by atoms with Crippen LogP contribution in [-0.2, 0) is 9.59 Å². The summed E-state index contributed by atoms with van der Waals surface area (Å²) in [6.45, 7) is 11.5. The first-order valence-electron chi connectivity index (χ1n) is 9.46. The summed E-state index contributed by atoms with van der Waals surface area (Å²) in [6, 6.07) is -0.357. The van der Waals surface area contributed by atoms with Crippen molar-refractivity contribution in [2.24, 2.45) is 5.41 Å². The summed E-state index contributed by atoms with van der Waals surface area (Å²) in [6.07, 6.45) is 5.53. The van der Waals surface area contributed by atoms with Crippen molar-refractivity contribution < 1.29 is 14.7 Å². The van der Waals surface area contributed by atoms with Crippen LogP contribution in [0.4, 0.5) is 5.82 Å². The van der Waals surface area contributed by atoms with E-state index >= 15 is 0 Å². The molecule has 0 aliphatic heterocycles. The second-order valence-corrected chi connectivity index (χ2v) is 7.78. The molecular formula is C19H34N4O3. The minimum Gasteiger partial charge on any atom is -0.383 e. The zero-order chi connectivity index (χ0) is 19.9. The lowest BCUT2D eigenvalue weighted by Crippen LogP contribution is -2.50. The van der Waals surface area contributed by atoms with Gasteiger partial charge in [0.1, 0.15) is 12.1 Å². The van der Waals surface area contributed by atoms with E-state index in [1.165, 1.54) is 0 Å². The highest BCUT2D eigenvalue weighted by molar-refractivity contribution is 5.97. The second-order valence-electron chi connectivity index (χ2n) is 7.78. The van der Waals surface area contributed by atoms with E-state index in [2.05, 4.69) is 29.5 Å². The highest BCUT2D eigenvalue weighted by atomic mass is 16.3. The van der Waals surface area contributed by atoms with Gasteiger partial charge in [-0.25, -0.2) is 4.98 Å². The molecule has 1 rings (SSSR count). The Kier molecular flexibility index (Phi) is 8.27. The Hall–Kier alpha value is -1.89. The molecule has 0 aromatic carbocycles. The molecule has 0 aliphatic rings. The molecule has 1 heterocycles. The summed E-state index contributed by atoms with van der Waals surface area (Å²) in [7, 11) is 0. The van der Waals surface area contributed by atoms with E-state index in [0.29, 0.717) is 18.3 Å². The molecule has 0 fully saturated rings. The average molecular weight is 367 g/mol. The first-order chi connectivity index (χ1) is 12.1. The Bertz CT molecular complexity index is 588. The smallest absolute Gasteiger partial charge is 0.250 e. The number of carbonyl (C=O) groups is 2. The van der Waals surface area contributed by atoms with Crippen LogP contribution in [0.25, 0.3) is 0 Å². The highest BCUT2D eigenvalue weighted by Gasteiger charge is 2.31. The van der Waals surface area contributed by atoms with Gasteiger partial charge in [-0.15, -0.1) is 0 Å². The van der Waals surface area contributed by atoms with Crippen LogP contribution in [0.2, 0.25) is 0 Å². The summed E-state index contributed by atoms with van der Waals surface area (Å²) in [5.74, 6) is -0.390. The molecular weight excluding hydrogens is 332 g/mol. The van der Waals surface area contributed by atoms with Gasteiger partial charge >= 0.3 is 0 Å². The zero-order valence-electron chi connectivity index (χ0n) is 16.9. The predicted molar refractivity (Wildman–Crippen MR) is 103 cm³/mol. The number of nitrogens with one attached hydrogen (secondary N) is 2. The number of hydrogen-bond donors (Lipinski definition) is 3. The van der Waals surface area contributed by atoms with Gasteiger partial charge in [-0.05, 0) is 24.7 Å². The van der Waals surface area contributed by atoms with Crippen LogP contribution >= 0.6 is 0 Å². The fourth-order valence-electron chi connectivity index (χ4n) is 2.73. The summed E-state index contributed by atoms with van der Waals surface area (Å²) in [4.78, 5) is 29.1. The van der Waals surface area contributed by atoms with E-state index in [9.17, 15) is 14.7 Å². The quantitative estimate of drug-likeness (QED) is 0.626. The van der Waals surface area contributed by atoms with Crippen LogP contribution in [0.15, 0.2) is 12.5 Å². The Morgan fingerprint density at radius 1 is 1.19 bits per heavy atom. The molecule has 26 heavy (non-hydrogen) atoms. The van der Waals surface area contributed by atoms with Gasteiger partial charge in [0.2, 0.25) is 11.8 Å². The maximum Gasteiger partial charge on any atom is 0.250 e. The Balaban J connectivity index is 2.78. The fourth-order valence-corrected chi connectivity index (χ4v) is 2.73. The van der Waals surface area contributed by atoms with E-state index in [1.54, 1.807) is 27.1 Å². The first-order valence-corrected chi connectivity index (χ1v) is 9.46. The monoisotopic (exact) mass is 366 g/mol. The summed E-state index contributed by atoms with van der Waals surface area (Å²) in [5, 5.41) is 15.5. The van der Waals surface area contributed by atoms with Crippen LogP contribution < -0.4 is 10.6 Å². The average Bonchev–Trinajstić information content (AvgIpc) is 3.02. The molecule has 3 N–H and O–H groups in total. The zero-order valence-corrected chi connectivity index (χ0v) is 16.9. The molecule has 2 unspecified atom stereocenters. The van der Waals surface area contributed by atoms with Crippen molar-refractivity contribution in [1.82, 2.24) is 14.9 Å². The molecule has 0 radical (unpaired) electrons. The van der Waals surface area contributed by atoms with Crippen molar-refractivity contribution in [3.63, 3.8) is 0 Å². The normalized spacial score (nSPS) is 14.2. The van der Waals surface area contributed by atoms with Crippen molar-refractivity contribution in [3.05, 3.63) is 12.5 Å². The van der Waals surface area contributed by atoms with Gasteiger partial charge < -0.3 is 20.3 Å². The fraction of sp³-hybridized carbons (Fsp3) is 0.737. The van der Waals surface area contributed by atoms with Crippen molar-refractivity contribution in [2.75, 3.05) is 5.32 Å². The number of aromatic nitrogens is 2. The van der Waals surface area contributed by atoms with Crippen molar-refractivity contribution in [3.8, 4) is 0 Å². The molecule has 2 amide bonds. The molecule has 7 nitrogen and oxygen atoms in total. The third-order valence-electron chi connectivity index (χ3n) is 4.50. The van der Waals surface area contributed by atoms with Gasteiger partial charge in [-0.1, -0.05) is 48.0 Å². The number of anilines is 1. The predicted octanol–water partition coefficient (Wildman–Crippen LogP) is 2.87. The molecule has 7 heteroatoms. The number of rotatable bonds is 9. The van der Waals surface area contributed by atoms with E-state index in [4.69, 9.17) is 0 Å². The van der Waals surface area contributed by atoms with Gasteiger partial charge in [-0.3, -0.25) is 9.59 Å². The van der Waals surface area contributed by atoms with Crippen LogP contribution in [0.3, 0.4) is 0 Å². The third-order valence-corrected chi connectivity index (χ3v) is 4.50. The number of nitrogens with zero attached hydrogens (tertiary/aromatic N) is 2. The van der Waals surface area contributed by atoms with Crippen LogP contribution in [0.5, 0.6) is 0 Å². The van der Waals surface area contributed by atoms with Crippen LogP contribution in [-0.4, -0.2) is 38.6 Å². The summed E-state index contributed by atoms with van der Waals surface area (Å²) >= 11 is 0. The van der Waals surface area contributed by atoms with E-state index in [1.807, 2.05) is 17.7 Å². The standard InChI is InChI=1S/C19H34N4O3/c1-7-10-14(21-18(26)16(24)19(4,5)6)17(25)22-15-11-23(12-20-15)13(8-2)9-3/h11-14,16,24H,7-10H2,1-6H3,(H,21,26)(H,22,25). The number of aliphatic hydroxyl groups excluding tert-OH is 1. The molecule has 0 saturated carbocycles. The minimum absolute atomic E-state index is 0.323. The van der Waals surface area contributed by atoms with E-state index < -0.39 is 23.5 Å². The first kappa shape index (κ1) is 22.2. The lowest BCUT2D eigenvalue weighted by Gasteiger charge is -2.27. The highest BCUT2D eigenvalue weighted by Crippen LogP contribution is 2.20. The third kappa shape index (κ3) is 6.12. The molecule has 0 saturated heterocycles. The lowest BCUT2D eigenvalue weighted by atomic mass is 9.88. The number of imidazole rings is 1. The molecule has 2 atom stereocenters. The maximum atomic E-state index is 12.6. The molecule has 1 aromatic heterocycles. The summed E-state index contributed by atoms with van der Waals surface area (Å²) < 4.78 is 1.99. The number of aliphatic hydroxyl groups is 1. The van der Waals surface area contributed by atoms with E-state index in [-0.39, 0.29) is 5.91 Å². The van der Waals surface area contributed by atoms with Crippen molar-refractivity contribution >= 4 is 17.6 Å². The molecule has 0 spiro atoms. The van der Waals surface area contributed by atoms with Crippen molar-refractivity contribution in [2.45, 2.75) is 85.4 Å². The molecule has 0 bridgehead atoms. The van der Waals surface area contributed by atoms with Gasteiger partial charge in [0.05, 0.1) is 6.33 Å². The van der Waals surface area contributed by atoms with Crippen LogP contribution in [0.1, 0.15) is 73.3 Å². The topological polar surface area (TPSA) is 96.3 Å². The Morgan fingerprint density at radius 2 is 1.81 bits per heavy atom. The Labute approximate surface area is 156 Å². The number of amides is 2. The van der Waals surface area contributed by atoms with Crippen molar-refractivity contribution in [1.29, 1.82) is 0 Å². The molecule has 0 aliphatic carbocycles. The van der Waals surface area contributed by atoms with E-state index in [0.717, 1.165) is 19.3 Å². The Morgan fingerprint density at radius 3 is 2.31 bits per heavy atom. The minimum atomic E-state index is -1.18. The van der Waals surface area contributed by atoms with Gasteiger partial charge in [-0.2, -0.15) is 0 Å². The maximum absolute atomic E-state index is 12.6. The molecule has 148 valence electrons. The summed E-state index contributed by atoms with van der Waals surface area (Å²) in [5.41, 5.74) is -0.592. The largest absolute Gasteiger partial charge is 0.383 e. The number of carbonyl (C=O) groups excluding carboxylic acids is 2. The number of hydrogen-bond acceptors (Lipinski definition) is 4.